The van der Waals surface area contributed by atoms with Gasteiger partial charge >= 0.3 is 5.97 Å². The number of hydrogen-bond acceptors (Lipinski definition) is 5. The van der Waals surface area contributed by atoms with Crippen molar-refractivity contribution in [1.82, 2.24) is 0 Å². The molecule has 260 valence electrons. The number of benzene rings is 2. The summed E-state index contributed by atoms with van der Waals surface area (Å²) >= 11 is 0. The minimum Gasteiger partial charge on any atom is -0.462 e. The molecule has 0 aromatic heterocycles. The van der Waals surface area contributed by atoms with Crippen LogP contribution in [-0.4, -0.2) is 37.7 Å². The first-order valence-corrected chi connectivity index (χ1v) is 17.9. The molecule has 7 heteroatoms. The number of allylic oxidation sites excluding steroid dienone is 4. The fourth-order valence-corrected chi connectivity index (χ4v) is 5.73. The van der Waals surface area contributed by atoms with Gasteiger partial charge in [-0.25, -0.2) is 8.78 Å². The summed E-state index contributed by atoms with van der Waals surface area (Å²) < 4.78 is 57.3. The lowest BCUT2D eigenvalue weighted by Crippen LogP contribution is -2.37. The summed E-state index contributed by atoms with van der Waals surface area (Å²) in [6.07, 6.45) is 13.6. The molecule has 2 aromatic carbocycles. The molecule has 3 unspecified atom stereocenters. The molecule has 0 saturated heterocycles. The number of esters is 1. The molecule has 0 N–H and O–H groups in total. The lowest BCUT2D eigenvalue weighted by Gasteiger charge is -2.33. The zero-order valence-corrected chi connectivity index (χ0v) is 29.0. The van der Waals surface area contributed by atoms with Crippen LogP contribution in [0.5, 0.6) is 11.5 Å². The van der Waals surface area contributed by atoms with Crippen LogP contribution in [0.2, 0.25) is 0 Å². The standard InChI is InChI=1S/C40H56F2O5/c1-5-9-12-13-14-26-38(43)46-33-22-17-20-31(29-33)35-24-19-25-37(41)40(35,42)32-21-18-23-34(30-32)47-39(45-28-16-11-7-3)36(8-4)44-27-15-10-6-2/h17-25,29-30,36-37,39H,5-16,26-28H2,1-4H3/t36-,37?,39?,40?/m0/s1. The normalized spacial score (nSPS) is 18.9. The molecule has 4 atom stereocenters. The first-order valence-electron chi connectivity index (χ1n) is 17.9. The second-order valence-corrected chi connectivity index (χ2v) is 12.4. The van der Waals surface area contributed by atoms with Crippen molar-refractivity contribution in [2.45, 2.75) is 135 Å². The van der Waals surface area contributed by atoms with Crippen LogP contribution in [0.3, 0.4) is 0 Å². The van der Waals surface area contributed by atoms with Gasteiger partial charge in [0.1, 0.15) is 17.6 Å². The Morgan fingerprint density at radius 3 is 2.19 bits per heavy atom. The van der Waals surface area contributed by atoms with Crippen molar-refractivity contribution in [2.75, 3.05) is 13.2 Å². The largest absolute Gasteiger partial charge is 0.462 e. The quantitative estimate of drug-likeness (QED) is 0.0516. The highest BCUT2D eigenvalue weighted by Crippen LogP contribution is 2.47. The molecule has 1 aliphatic carbocycles. The maximum Gasteiger partial charge on any atom is 0.311 e. The number of carbonyl (C=O) groups is 1. The van der Waals surface area contributed by atoms with Gasteiger partial charge in [0.15, 0.2) is 11.8 Å². The Balaban J connectivity index is 1.82. The number of carbonyl (C=O) groups excluding carboxylic acids is 1. The fourth-order valence-electron chi connectivity index (χ4n) is 5.73. The SMILES string of the molecule is CCCCCCCC(=O)Oc1cccc(C2=CC=CC(F)C2(F)c2cccc(OC(OCCCCC)[C@H](CC)OCCCCC)c2)c1. The predicted molar refractivity (Wildman–Crippen MR) is 186 cm³/mol. The van der Waals surface area contributed by atoms with E-state index in [9.17, 15) is 4.79 Å². The Kier molecular flexibility index (Phi) is 17.2. The molecule has 0 heterocycles. The van der Waals surface area contributed by atoms with Gasteiger partial charge in [-0.2, -0.15) is 0 Å². The number of alkyl halides is 2. The van der Waals surface area contributed by atoms with Gasteiger partial charge in [0.2, 0.25) is 6.29 Å². The van der Waals surface area contributed by atoms with E-state index < -0.39 is 18.1 Å². The van der Waals surface area contributed by atoms with Crippen LogP contribution in [-0.2, 0) is 19.9 Å². The van der Waals surface area contributed by atoms with Crippen LogP contribution in [0, 0.1) is 0 Å². The average molecular weight is 655 g/mol. The van der Waals surface area contributed by atoms with E-state index >= 15 is 8.78 Å². The van der Waals surface area contributed by atoms with Gasteiger partial charge in [-0.15, -0.1) is 0 Å². The second-order valence-electron chi connectivity index (χ2n) is 12.4. The molecular weight excluding hydrogens is 598 g/mol. The van der Waals surface area contributed by atoms with Crippen molar-refractivity contribution in [1.29, 1.82) is 0 Å². The van der Waals surface area contributed by atoms with E-state index in [4.69, 9.17) is 18.9 Å². The number of rotatable bonds is 23. The van der Waals surface area contributed by atoms with Gasteiger partial charge in [-0.3, -0.25) is 4.79 Å². The zero-order chi connectivity index (χ0) is 33.9. The summed E-state index contributed by atoms with van der Waals surface area (Å²) in [5.41, 5.74) is -1.81. The molecule has 0 fully saturated rings. The Labute approximate surface area is 281 Å². The Bertz CT molecular complexity index is 1260. The summed E-state index contributed by atoms with van der Waals surface area (Å²) in [6.45, 7) is 9.59. The summed E-state index contributed by atoms with van der Waals surface area (Å²) in [4.78, 5) is 12.5. The van der Waals surface area contributed by atoms with Crippen LogP contribution in [0.15, 0.2) is 66.8 Å². The lowest BCUT2D eigenvalue weighted by atomic mass is 9.78. The Morgan fingerprint density at radius 2 is 1.47 bits per heavy atom. The third-order valence-corrected chi connectivity index (χ3v) is 8.50. The molecule has 0 radical (unpaired) electrons. The van der Waals surface area contributed by atoms with Crippen molar-refractivity contribution in [3.05, 3.63) is 77.9 Å². The smallest absolute Gasteiger partial charge is 0.311 e. The molecule has 1 aliphatic rings. The second kappa shape index (κ2) is 21.0. The topological polar surface area (TPSA) is 54.0 Å². The van der Waals surface area contributed by atoms with Crippen LogP contribution in [0.4, 0.5) is 8.78 Å². The number of halogens is 2. The molecule has 5 nitrogen and oxygen atoms in total. The molecule has 2 aromatic rings. The van der Waals surface area contributed by atoms with Crippen LogP contribution in [0.25, 0.3) is 5.57 Å². The average Bonchev–Trinajstić information content (AvgIpc) is 3.07. The van der Waals surface area contributed by atoms with Gasteiger partial charge in [-0.05, 0) is 61.6 Å². The third-order valence-electron chi connectivity index (χ3n) is 8.50. The van der Waals surface area contributed by atoms with Crippen molar-refractivity contribution in [2.24, 2.45) is 0 Å². The van der Waals surface area contributed by atoms with Crippen LogP contribution < -0.4 is 9.47 Å². The third kappa shape index (κ3) is 11.9. The zero-order valence-electron chi connectivity index (χ0n) is 29.0. The monoisotopic (exact) mass is 654 g/mol. The van der Waals surface area contributed by atoms with Gasteiger partial charge in [0, 0.05) is 24.2 Å². The summed E-state index contributed by atoms with van der Waals surface area (Å²) in [5.74, 6) is 0.347. The molecule has 0 bridgehead atoms. The highest BCUT2D eigenvalue weighted by Gasteiger charge is 2.46. The van der Waals surface area contributed by atoms with Gasteiger partial charge in [-0.1, -0.05) is 115 Å². The summed E-state index contributed by atoms with van der Waals surface area (Å²) in [5, 5.41) is 0. The molecule has 0 spiro atoms. The minimum atomic E-state index is -2.51. The number of hydrogen-bond donors (Lipinski definition) is 0. The minimum absolute atomic E-state index is 0.120. The predicted octanol–water partition coefficient (Wildman–Crippen LogP) is 11.0. The lowest BCUT2D eigenvalue weighted by molar-refractivity contribution is -0.165. The van der Waals surface area contributed by atoms with E-state index in [0.29, 0.717) is 43.1 Å². The molecule has 0 amide bonds. The van der Waals surface area contributed by atoms with E-state index in [1.807, 2.05) is 6.92 Å². The molecule has 47 heavy (non-hydrogen) atoms. The first kappa shape index (κ1) is 38.4. The first-order chi connectivity index (χ1) is 22.9. The van der Waals surface area contributed by atoms with E-state index in [-0.39, 0.29) is 23.2 Å². The molecular formula is C40H56F2O5. The highest BCUT2D eigenvalue weighted by atomic mass is 19.2. The number of ether oxygens (including phenoxy) is 4. The van der Waals surface area contributed by atoms with Crippen LogP contribution in [0.1, 0.15) is 122 Å². The maximum atomic E-state index is 17.3. The molecule has 0 saturated carbocycles. The summed E-state index contributed by atoms with van der Waals surface area (Å²) in [6, 6.07) is 13.2. The van der Waals surface area contributed by atoms with E-state index in [2.05, 4.69) is 20.8 Å². The van der Waals surface area contributed by atoms with E-state index in [1.165, 1.54) is 12.2 Å². The van der Waals surface area contributed by atoms with Gasteiger partial charge in [0.25, 0.3) is 0 Å². The maximum absolute atomic E-state index is 17.3. The molecule has 3 rings (SSSR count). The van der Waals surface area contributed by atoms with Crippen molar-refractivity contribution in [3.63, 3.8) is 0 Å². The van der Waals surface area contributed by atoms with Crippen molar-refractivity contribution >= 4 is 11.5 Å². The van der Waals surface area contributed by atoms with Crippen LogP contribution >= 0.6 is 0 Å². The Morgan fingerprint density at radius 1 is 0.809 bits per heavy atom. The fraction of sp³-hybridized carbons (Fsp3) is 0.575. The van der Waals surface area contributed by atoms with Crippen molar-refractivity contribution in [3.8, 4) is 11.5 Å². The van der Waals surface area contributed by atoms with E-state index in [1.54, 1.807) is 54.6 Å². The van der Waals surface area contributed by atoms with E-state index in [0.717, 1.165) is 70.6 Å². The number of unbranched alkanes of at least 4 members (excludes halogenated alkanes) is 8. The summed E-state index contributed by atoms with van der Waals surface area (Å²) in [7, 11) is 0. The van der Waals surface area contributed by atoms with Gasteiger partial charge < -0.3 is 18.9 Å². The highest BCUT2D eigenvalue weighted by molar-refractivity contribution is 5.79. The molecule has 0 aliphatic heterocycles. The Hall–Kier alpha value is -3.03. The van der Waals surface area contributed by atoms with Gasteiger partial charge in [0.05, 0.1) is 6.61 Å². The van der Waals surface area contributed by atoms with Crippen molar-refractivity contribution < 1.29 is 32.5 Å².